The zero-order chi connectivity index (χ0) is 17.0. The molecule has 1 aromatic rings. The third-order valence-electron chi connectivity index (χ3n) is 4.41. The lowest BCUT2D eigenvalue weighted by atomic mass is 10.00. The van der Waals surface area contributed by atoms with Gasteiger partial charge in [0, 0.05) is 32.9 Å². The fourth-order valence-electron chi connectivity index (χ4n) is 2.63. The Balaban J connectivity index is 2.30. The van der Waals surface area contributed by atoms with E-state index >= 15 is 0 Å². The molecule has 0 atom stereocenters. The second-order valence-corrected chi connectivity index (χ2v) is 6.12. The van der Waals surface area contributed by atoms with E-state index in [-0.39, 0.29) is 11.8 Å². The molecule has 2 amide bonds. The average molecular weight is 319 g/mol. The summed E-state index contributed by atoms with van der Waals surface area (Å²) in [4.78, 5) is 28.7. The van der Waals surface area contributed by atoms with Crippen molar-refractivity contribution in [3.05, 3.63) is 29.8 Å². The first kappa shape index (κ1) is 17.3. The second-order valence-electron chi connectivity index (χ2n) is 6.12. The number of carbonyl (C=O) groups is 2. The van der Waals surface area contributed by atoms with E-state index in [9.17, 15) is 9.59 Å². The van der Waals surface area contributed by atoms with Crippen LogP contribution in [0.3, 0.4) is 0 Å². The van der Waals surface area contributed by atoms with Gasteiger partial charge < -0.3 is 19.9 Å². The summed E-state index contributed by atoms with van der Waals surface area (Å²) < 4.78 is 5.38. The quantitative estimate of drug-likeness (QED) is 0.903. The maximum Gasteiger partial charge on any atom is 0.256 e. The summed E-state index contributed by atoms with van der Waals surface area (Å²) in [5.74, 6) is -0.363. The predicted molar refractivity (Wildman–Crippen MR) is 89.7 cm³/mol. The Morgan fingerprint density at radius 3 is 2.43 bits per heavy atom. The van der Waals surface area contributed by atoms with Crippen molar-refractivity contribution in [3.63, 3.8) is 0 Å². The van der Waals surface area contributed by atoms with Crippen LogP contribution in [0.2, 0.25) is 0 Å². The number of hydrogen-bond acceptors (Lipinski definition) is 4. The predicted octanol–water partition coefficient (Wildman–Crippen LogP) is 1.12. The Labute approximate surface area is 137 Å². The topological polar surface area (TPSA) is 61.9 Å². The SMILES string of the molecule is CNC(=O)C(C)(C)N(C)C(=O)c1ccccc1N1CCOCC1. The molecule has 0 saturated carbocycles. The Morgan fingerprint density at radius 1 is 1.22 bits per heavy atom. The highest BCUT2D eigenvalue weighted by atomic mass is 16.5. The van der Waals surface area contributed by atoms with E-state index in [1.165, 1.54) is 4.90 Å². The average Bonchev–Trinajstić information content (AvgIpc) is 2.60. The molecule has 6 nitrogen and oxygen atoms in total. The van der Waals surface area contributed by atoms with Gasteiger partial charge in [-0.25, -0.2) is 0 Å². The van der Waals surface area contributed by atoms with E-state index in [1.54, 1.807) is 27.9 Å². The summed E-state index contributed by atoms with van der Waals surface area (Å²) in [7, 11) is 3.23. The number of para-hydroxylation sites is 1. The summed E-state index contributed by atoms with van der Waals surface area (Å²) in [5, 5.41) is 2.61. The molecule has 2 rings (SSSR count). The minimum atomic E-state index is -0.927. The maximum absolute atomic E-state index is 13.0. The van der Waals surface area contributed by atoms with Gasteiger partial charge in [-0.2, -0.15) is 0 Å². The molecular weight excluding hydrogens is 294 g/mol. The van der Waals surface area contributed by atoms with Crippen molar-refractivity contribution in [2.75, 3.05) is 45.3 Å². The largest absolute Gasteiger partial charge is 0.378 e. The maximum atomic E-state index is 13.0. The number of nitrogens with zero attached hydrogens (tertiary/aromatic N) is 2. The van der Waals surface area contributed by atoms with E-state index in [0.29, 0.717) is 18.8 Å². The van der Waals surface area contributed by atoms with Crippen molar-refractivity contribution in [3.8, 4) is 0 Å². The van der Waals surface area contributed by atoms with Crippen molar-refractivity contribution in [1.82, 2.24) is 10.2 Å². The van der Waals surface area contributed by atoms with Crippen LogP contribution in [-0.2, 0) is 9.53 Å². The van der Waals surface area contributed by atoms with Crippen molar-refractivity contribution >= 4 is 17.5 Å². The molecule has 6 heteroatoms. The Hall–Kier alpha value is -2.08. The van der Waals surface area contributed by atoms with Gasteiger partial charge in [-0.05, 0) is 26.0 Å². The molecule has 1 saturated heterocycles. The lowest BCUT2D eigenvalue weighted by Gasteiger charge is -2.36. The fourth-order valence-corrected chi connectivity index (χ4v) is 2.63. The lowest BCUT2D eigenvalue weighted by Crippen LogP contribution is -2.54. The summed E-state index contributed by atoms with van der Waals surface area (Å²) in [6, 6.07) is 7.52. The molecule has 1 N–H and O–H groups in total. The number of benzene rings is 1. The number of hydrogen-bond donors (Lipinski definition) is 1. The fraction of sp³-hybridized carbons (Fsp3) is 0.529. The summed E-state index contributed by atoms with van der Waals surface area (Å²) in [6.07, 6.45) is 0. The van der Waals surface area contributed by atoms with Gasteiger partial charge in [-0.15, -0.1) is 0 Å². The van der Waals surface area contributed by atoms with Crippen molar-refractivity contribution in [2.24, 2.45) is 0 Å². The van der Waals surface area contributed by atoms with Crippen LogP contribution >= 0.6 is 0 Å². The van der Waals surface area contributed by atoms with Gasteiger partial charge in [0.05, 0.1) is 18.8 Å². The monoisotopic (exact) mass is 319 g/mol. The first-order chi connectivity index (χ1) is 10.9. The van der Waals surface area contributed by atoms with Crippen LogP contribution < -0.4 is 10.2 Å². The molecule has 1 heterocycles. The molecule has 0 aliphatic carbocycles. The van der Waals surface area contributed by atoms with Crippen LogP contribution in [0.4, 0.5) is 5.69 Å². The minimum absolute atomic E-state index is 0.166. The zero-order valence-electron chi connectivity index (χ0n) is 14.3. The van der Waals surface area contributed by atoms with E-state index in [0.717, 1.165) is 18.8 Å². The number of anilines is 1. The van der Waals surface area contributed by atoms with Gasteiger partial charge in [0.25, 0.3) is 5.91 Å². The van der Waals surface area contributed by atoms with Crippen LogP contribution in [0.5, 0.6) is 0 Å². The van der Waals surface area contributed by atoms with Gasteiger partial charge >= 0.3 is 0 Å². The smallest absolute Gasteiger partial charge is 0.256 e. The van der Waals surface area contributed by atoms with Crippen LogP contribution in [0.1, 0.15) is 24.2 Å². The van der Waals surface area contributed by atoms with E-state index < -0.39 is 5.54 Å². The van der Waals surface area contributed by atoms with Crippen LogP contribution in [0.25, 0.3) is 0 Å². The lowest BCUT2D eigenvalue weighted by molar-refractivity contribution is -0.129. The molecule has 0 bridgehead atoms. The molecule has 0 unspecified atom stereocenters. The molecular formula is C17H25N3O3. The van der Waals surface area contributed by atoms with Crippen molar-refractivity contribution in [1.29, 1.82) is 0 Å². The zero-order valence-corrected chi connectivity index (χ0v) is 14.3. The van der Waals surface area contributed by atoms with Crippen molar-refractivity contribution < 1.29 is 14.3 Å². The third-order valence-corrected chi connectivity index (χ3v) is 4.41. The standard InChI is InChI=1S/C17H25N3O3/c1-17(2,16(22)18-3)19(4)15(21)13-7-5-6-8-14(13)20-9-11-23-12-10-20/h5-8H,9-12H2,1-4H3,(H,18,22). The second kappa shape index (κ2) is 7.00. The number of morpholine rings is 1. The molecule has 126 valence electrons. The molecule has 0 aromatic heterocycles. The minimum Gasteiger partial charge on any atom is -0.378 e. The highest BCUT2D eigenvalue weighted by Gasteiger charge is 2.36. The van der Waals surface area contributed by atoms with Crippen LogP contribution in [0, 0.1) is 0 Å². The van der Waals surface area contributed by atoms with E-state index in [2.05, 4.69) is 10.2 Å². The molecule has 1 aromatic carbocycles. The first-order valence-corrected chi connectivity index (χ1v) is 7.81. The van der Waals surface area contributed by atoms with Gasteiger partial charge in [0.15, 0.2) is 0 Å². The molecule has 1 aliphatic heterocycles. The molecule has 1 fully saturated rings. The number of likely N-dealkylation sites (N-methyl/N-ethyl adjacent to an activating group) is 2. The Kier molecular flexibility index (Phi) is 5.26. The number of rotatable bonds is 4. The third kappa shape index (κ3) is 3.47. The number of carbonyl (C=O) groups excluding carboxylic acids is 2. The molecule has 0 spiro atoms. The number of amides is 2. The van der Waals surface area contributed by atoms with Gasteiger partial charge in [-0.3, -0.25) is 9.59 Å². The van der Waals surface area contributed by atoms with Crippen molar-refractivity contribution in [2.45, 2.75) is 19.4 Å². The van der Waals surface area contributed by atoms with E-state index in [4.69, 9.17) is 4.74 Å². The number of ether oxygens (including phenoxy) is 1. The molecule has 0 radical (unpaired) electrons. The van der Waals surface area contributed by atoms with Crippen LogP contribution in [-0.4, -0.2) is 62.7 Å². The van der Waals surface area contributed by atoms with Gasteiger partial charge in [-0.1, -0.05) is 12.1 Å². The van der Waals surface area contributed by atoms with Gasteiger partial charge in [0.2, 0.25) is 5.91 Å². The molecule has 1 aliphatic rings. The Bertz CT molecular complexity index is 580. The Morgan fingerprint density at radius 2 is 1.83 bits per heavy atom. The summed E-state index contributed by atoms with van der Waals surface area (Å²) in [5.41, 5.74) is 0.568. The highest BCUT2D eigenvalue weighted by Crippen LogP contribution is 2.25. The summed E-state index contributed by atoms with van der Waals surface area (Å²) >= 11 is 0. The van der Waals surface area contributed by atoms with Gasteiger partial charge in [0.1, 0.15) is 5.54 Å². The van der Waals surface area contributed by atoms with Crippen LogP contribution in [0.15, 0.2) is 24.3 Å². The molecule has 23 heavy (non-hydrogen) atoms. The normalized spacial score (nSPS) is 15.2. The summed E-state index contributed by atoms with van der Waals surface area (Å²) in [6.45, 7) is 6.30. The first-order valence-electron chi connectivity index (χ1n) is 7.81. The number of nitrogens with one attached hydrogen (secondary N) is 1. The van der Waals surface area contributed by atoms with E-state index in [1.807, 2.05) is 24.3 Å². The highest BCUT2D eigenvalue weighted by molar-refractivity contribution is 6.02.